The van der Waals surface area contributed by atoms with Gasteiger partial charge in [0.25, 0.3) is 0 Å². The monoisotopic (exact) mass is 460 g/mol. The van der Waals surface area contributed by atoms with E-state index in [1.165, 1.54) is 10.8 Å². The Morgan fingerprint density at radius 1 is 0.970 bits per heavy atom. The molecule has 168 valence electrons. The van der Waals surface area contributed by atoms with E-state index in [0.717, 1.165) is 56.5 Å². The Hall–Kier alpha value is -3.52. The first-order valence-electron chi connectivity index (χ1n) is 10.9. The number of nitrogens with zero attached hydrogens (tertiary/aromatic N) is 3. The molecule has 0 amide bonds. The second kappa shape index (κ2) is 8.44. The first kappa shape index (κ1) is 21.3. The molecular formula is C25H25FN6S. The Labute approximate surface area is 195 Å². The van der Waals surface area contributed by atoms with Crippen LogP contribution in [0.1, 0.15) is 27.7 Å². The summed E-state index contributed by atoms with van der Waals surface area (Å²) in [5.41, 5.74) is 5.69. The molecule has 0 aliphatic heterocycles. The van der Waals surface area contributed by atoms with Crippen molar-refractivity contribution in [1.82, 2.24) is 19.9 Å². The summed E-state index contributed by atoms with van der Waals surface area (Å²) in [6.45, 7) is 8.57. The van der Waals surface area contributed by atoms with Crippen LogP contribution in [-0.4, -0.2) is 26.5 Å². The molecule has 0 radical (unpaired) electrons. The number of anilines is 3. The van der Waals surface area contributed by atoms with Crippen LogP contribution < -0.4 is 10.6 Å². The molecule has 5 aromatic rings. The highest BCUT2D eigenvalue weighted by Gasteiger charge is 2.14. The lowest BCUT2D eigenvalue weighted by Crippen LogP contribution is -2.09. The van der Waals surface area contributed by atoms with Gasteiger partial charge in [-0.3, -0.25) is 0 Å². The van der Waals surface area contributed by atoms with E-state index in [0.29, 0.717) is 17.9 Å². The van der Waals surface area contributed by atoms with E-state index in [9.17, 15) is 4.39 Å². The zero-order valence-electron chi connectivity index (χ0n) is 19.0. The molecule has 3 N–H and O–H groups in total. The van der Waals surface area contributed by atoms with Crippen LogP contribution >= 0.6 is 11.3 Å². The van der Waals surface area contributed by atoms with Crippen molar-refractivity contribution in [3.63, 3.8) is 0 Å². The summed E-state index contributed by atoms with van der Waals surface area (Å²) in [4.78, 5) is 16.8. The molecule has 0 spiro atoms. The number of aromatic nitrogens is 4. The van der Waals surface area contributed by atoms with Gasteiger partial charge in [0.1, 0.15) is 23.3 Å². The number of halogens is 1. The highest BCUT2D eigenvalue weighted by atomic mass is 32.1. The van der Waals surface area contributed by atoms with Crippen LogP contribution in [-0.2, 0) is 6.42 Å². The molecule has 8 heteroatoms. The Morgan fingerprint density at radius 3 is 2.64 bits per heavy atom. The number of rotatable bonds is 6. The Kier molecular flexibility index (Phi) is 5.46. The molecule has 0 bridgehead atoms. The number of hydrogen-bond acceptors (Lipinski definition) is 6. The molecule has 3 heterocycles. The van der Waals surface area contributed by atoms with Crippen LogP contribution in [0, 0.1) is 33.5 Å². The Bertz CT molecular complexity index is 1490. The fraction of sp³-hybridized carbons (Fsp3) is 0.240. The van der Waals surface area contributed by atoms with Gasteiger partial charge in [0.15, 0.2) is 0 Å². The van der Waals surface area contributed by atoms with E-state index in [4.69, 9.17) is 0 Å². The topological polar surface area (TPSA) is 78.5 Å². The number of H-pyrrole nitrogens is 1. The van der Waals surface area contributed by atoms with E-state index < -0.39 is 0 Å². The van der Waals surface area contributed by atoms with Crippen molar-refractivity contribution in [3.8, 4) is 0 Å². The van der Waals surface area contributed by atoms with E-state index in [1.54, 1.807) is 11.3 Å². The van der Waals surface area contributed by atoms with Gasteiger partial charge in [-0.25, -0.2) is 19.3 Å². The van der Waals surface area contributed by atoms with Crippen LogP contribution in [0.2, 0.25) is 0 Å². The van der Waals surface area contributed by atoms with Crippen LogP contribution in [0.3, 0.4) is 0 Å². The van der Waals surface area contributed by atoms with Crippen molar-refractivity contribution in [3.05, 3.63) is 69.9 Å². The normalized spacial score (nSPS) is 11.4. The smallest absolute Gasteiger partial charge is 0.147 e. The summed E-state index contributed by atoms with van der Waals surface area (Å²) in [5, 5.41) is 8.79. The van der Waals surface area contributed by atoms with Gasteiger partial charge >= 0.3 is 0 Å². The molecule has 0 fully saturated rings. The molecule has 0 aliphatic rings. The largest absolute Gasteiger partial charge is 0.370 e. The maximum atomic E-state index is 14.2. The van der Waals surface area contributed by atoms with Crippen molar-refractivity contribution >= 4 is 49.8 Å². The maximum absolute atomic E-state index is 14.2. The van der Waals surface area contributed by atoms with Gasteiger partial charge in [-0.15, -0.1) is 11.3 Å². The minimum absolute atomic E-state index is 0.217. The molecule has 33 heavy (non-hydrogen) atoms. The van der Waals surface area contributed by atoms with Gasteiger partial charge in [0.05, 0.1) is 20.7 Å². The number of thiazole rings is 1. The molecule has 0 unspecified atom stereocenters. The van der Waals surface area contributed by atoms with E-state index in [-0.39, 0.29) is 5.82 Å². The summed E-state index contributed by atoms with van der Waals surface area (Å²) in [7, 11) is 0. The quantitative estimate of drug-likeness (QED) is 0.276. The van der Waals surface area contributed by atoms with Crippen molar-refractivity contribution in [2.24, 2.45) is 0 Å². The second-order valence-electron chi connectivity index (χ2n) is 8.25. The lowest BCUT2D eigenvalue weighted by molar-refractivity contribution is 0.637. The number of aryl methyl sites for hydroxylation is 4. The summed E-state index contributed by atoms with van der Waals surface area (Å²) in [5.74, 6) is 1.92. The third-order valence-corrected chi connectivity index (χ3v) is 6.67. The average molecular weight is 461 g/mol. The minimum atomic E-state index is -0.217. The predicted molar refractivity (Wildman–Crippen MR) is 134 cm³/mol. The van der Waals surface area contributed by atoms with Crippen molar-refractivity contribution < 1.29 is 4.39 Å². The van der Waals surface area contributed by atoms with Crippen LogP contribution in [0.5, 0.6) is 0 Å². The van der Waals surface area contributed by atoms with Crippen molar-refractivity contribution in [2.45, 2.75) is 34.1 Å². The first-order valence-corrected chi connectivity index (χ1v) is 11.7. The highest BCUT2D eigenvalue weighted by Crippen LogP contribution is 2.29. The van der Waals surface area contributed by atoms with E-state index in [2.05, 4.69) is 36.6 Å². The number of fused-ring (bicyclic) bond motifs is 2. The molecular weight excluding hydrogens is 435 g/mol. The van der Waals surface area contributed by atoms with E-state index >= 15 is 0 Å². The minimum Gasteiger partial charge on any atom is -0.370 e. The van der Waals surface area contributed by atoms with Gasteiger partial charge in [-0.2, -0.15) is 0 Å². The van der Waals surface area contributed by atoms with Gasteiger partial charge in [0.2, 0.25) is 0 Å². The number of hydrogen-bond donors (Lipinski definition) is 3. The second-order valence-corrected chi connectivity index (χ2v) is 9.48. The standard InChI is InChI=1S/C25H25FN6S/c1-13-5-7-19(26)25-24(13)18(14(2)28-25)9-10-27-22-12-23(30-15(3)29-22)32-17-6-8-21-20(11-17)31-16(4)33-21/h5-8,11-12,28H,9-10H2,1-4H3,(H2,27,29,30,32). The van der Waals surface area contributed by atoms with Crippen LogP contribution in [0.25, 0.3) is 21.1 Å². The molecule has 0 aliphatic carbocycles. The third kappa shape index (κ3) is 4.26. The lowest BCUT2D eigenvalue weighted by Gasteiger charge is -2.11. The van der Waals surface area contributed by atoms with E-state index in [1.807, 2.05) is 52.0 Å². The number of benzene rings is 2. The third-order valence-electron chi connectivity index (χ3n) is 5.72. The summed E-state index contributed by atoms with van der Waals surface area (Å²) in [6.07, 6.45) is 0.752. The molecule has 0 atom stereocenters. The molecule has 6 nitrogen and oxygen atoms in total. The number of nitrogens with one attached hydrogen (secondary N) is 3. The van der Waals surface area contributed by atoms with Gasteiger partial charge < -0.3 is 15.6 Å². The Balaban J connectivity index is 1.32. The molecule has 0 saturated carbocycles. The zero-order chi connectivity index (χ0) is 23.1. The summed E-state index contributed by atoms with van der Waals surface area (Å²) in [6, 6.07) is 11.4. The lowest BCUT2D eigenvalue weighted by atomic mass is 10.0. The highest BCUT2D eigenvalue weighted by molar-refractivity contribution is 7.18. The fourth-order valence-corrected chi connectivity index (χ4v) is 5.07. The van der Waals surface area contributed by atoms with Gasteiger partial charge in [-0.1, -0.05) is 6.07 Å². The average Bonchev–Trinajstić information content (AvgIpc) is 3.30. The predicted octanol–water partition coefficient (Wildman–Crippen LogP) is 6.34. The first-order chi connectivity index (χ1) is 15.9. The molecule has 0 saturated heterocycles. The Morgan fingerprint density at radius 2 is 1.79 bits per heavy atom. The summed E-state index contributed by atoms with van der Waals surface area (Å²) < 4.78 is 15.4. The van der Waals surface area contributed by atoms with Gasteiger partial charge in [0, 0.05) is 29.4 Å². The molecule has 3 aromatic heterocycles. The number of aromatic amines is 1. The fourth-order valence-electron chi connectivity index (χ4n) is 4.26. The van der Waals surface area contributed by atoms with Crippen molar-refractivity contribution in [2.75, 3.05) is 17.2 Å². The zero-order valence-corrected chi connectivity index (χ0v) is 19.8. The van der Waals surface area contributed by atoms with Gasteiger partial charge in [-0.05, 0) is 69.5 Å². The maximum Gasteiger partial charge on any atom is 0.147 e. The molecule has 2 aromatic carbocycles. The SMILES string of the molecule is Cc1nc(NCCc2c(C)[nH]c3c(F)ccc(C)c23)cc(Nc2ccc3sc(C)nc3c2)n1. The van der Waals surface area contributed by atoms with Crippen LogP contribution in [0.4, 0.5) is 21.7 Å². The van der Waals surface area contributed by atoms with Crippen molar-refractivity contribution in [1.29, 1.82) is 0 Å². The van der Waals surface area contributed by atoms with Crippen LogP contribution in [0.15, 0.2) is 36.4 Å². The molecule has 5 rings (SSSR count). The summed E-state index contributed by atoms with van der Waals surface area (Å²) >= 11 is 1.69.